The lowest BCUT2D eigenvalue weighted by Crippen LogP contribution is -2.02. The Labute approximate surface area is 106 Å². The highest BCUT2D eigenvalue weighted by Crippen LogP contribution is 2.14. The number of hydrogen-bond donors (Lipinski definition) is 1. The van der Waals surface area contributed by atoms with Crippen molar-refractivity contribution in [3.63, 3.8) is 0 Å². The summed E-state index contributed by atoms with van der Waals surface area (Å²) in [5.41, 5.74) is 8.50. The molecule has 0 unspecified atom stereocenters. The first-order chi connectivity index (χ1) is 8.31. The number of hydrogen-bond acceptors (Lipinski definition) is 1. The quantitative estimate of drug-likeness (QED) is 0.648. The van der Waals surface area contributed by atoms with Crippen molar-refractivity contribution in [2.24, 2.45) is 5.73 Å². The zero-order chi connectivity index (χ0) is 12.5. The predicted molar refractivity (Wildman–Crippen MR) is 75.1 cm³/mol. The Kier molecular flexibility index (Phi) is 7.02. The van der Waals surface area contributed by atoms with Gasteiger partial charge in [-0.2, -0.15) is 0 Å². The van der Waals surface area contributed by atoms with Crippen LogP contribution in [0.25, 0.3) is 0 Å². The number of unbranched alkanes of at least 4 members (excludes halogenated alkanes) is 4. The Balaban J connectivity index is 2.54. The van der Waals surface area contributed by atoms with Gasteiger partial charge in [0, 0.05) is 25.0 Å². The molecule has 0 atom stereocenters. The SMILES string of the molecule is CCCCCc1cc(CN)cn1CCCCC. The van der Waals surface area contributed by atoms with Crippen molar-refractivity contribution in [2.75, 3.05) is 0 Å². The molecule has 98 valence electrons. The summed E-state index contributed by atoms with van der Waals surface area (Å²) in [4.78, 5) is 0. The fraction of sp³-hybridized carbons (Fsp3) is 0.733. The highest BCUT2D eigenvalue weighted by molar-refractivity contribution is 5.18. The summed E-state index contributed by atoms with van der Waals surface area (Å²) in [7, 11) is 0. The maximum atomic E-state index is 5.73. The summed E-state index contributed by atoms with van der Waals surface area (Å²) in [5, 5.41) is 0. The summed E-state index contributed by atoms with van der Waals surface area (Å²) in [5.74, 6) is 0. The Morgan fingerprint density at radius 1 is 1.06 bits per heavy atom. The van der Waals surface area contributed by atoms with Crippen molar-refractivity contribution in [1.82, 2.24) is 4.57 Å². The predicted octanol–water partition coefficient (Wildman–Crippen LogP) is 3.87. The smallest absolute Gasteiger partial charge is 0.0222 e. The Bertz CT molecular complexity index is 274. The lowest BCUT2D eigenvalue weighted by molar-refractivity contribution is 0.575. The molecule has 0 radical (unpaired) electrons. The molecular formula is C15H28N2. The van der Waals surface area contributed by atoms with Gasteiger partial charge in [0.15, 0.2) is 0 Å². The van der Waals surface area contributed by atoms with Crippen LogP contribution in [0.5, 0.6) is 0 Å². The van der Waals surface area contributed by atoms with Gasteiger partial charge in [0.1, 0.15) is 0 Å². The summed E-state index contributed by atoms with van der Waals surface area (Å²) in [6.45, 7) is 6.34. The second kappa shape index (κ2) is 8.35. The third-order valence-electron chi connectivity index (χ3n) is 3.32. The first kappa shape index (κ1) is 14.3. The molecule has 0 saturated heterocycles. The fourth-order valence-electron chi connectivity index (χ4n) is 2.24. The lowest BCUT2D eigenvalue weighted by atomic mass is 10.1. The van der Waals surface area contributed by atoms with E-state index in [9.17, 15) is 0 Å². The van der Waals surface area contributed by atoms with E-state index >= 15 is 0 Å². The van der Waals surface area contributed by atoms with Gasteiger partial charge in [0.25, 0.3) is 0 Å². The van der Waals surface area contributed by atoms with E-state index in [0.717, 1.165) is 6.54 Å². The average Bonchev–Trinajstić information content (AvgIpc) is 2.73. The summed E-state index contributed by atoms with van der Waals surface area (Å²) in [6, 6.07) is 2.29. The molecule has 1 aromatic rings. The first-order valence-corrected chi connectivity index (χ1v) is 7.19. The third kappa shape index (κ3) is 4.95. The van der Waals surface area contributed by atoms with Crippen LogP contribution in [0.1, 0.15) is 63.6 Å². The van der Waals surface area contributed by atoms with E-state index in [1.54, 1.807) is 0 Å². The normalized spacial score (nSPS) is 11.0. The van der Waals surface area contributed by atoms with E-state index in [-0.39, 0.29) is 0 Å². The third-order valence-corrected chi connectivity index (χ3v) is 3.32. The number of aryl methyl sites for hydroxylation is 2. The Hall–Kier alpha value is -0.760. The molecule has 1 heterocycles. The van der Waals surface area contributed by atoms with Gasteiger partial charge in [-0.25, -0.2) is 0 Å². The molecule has 1 rings (SSSR count). The lowest BCUT2D eigenvalue weighted by Gasteiger charge is -2.08. The number of aromatic nitrogens is 1. The minimum atomic E-state index is 0.668. The zero-order valence-corrected chi connectivity index (χ0v) is 11.5. The summed E-state index contributed by atoms with van der Waals surface area (Å²) >= 11 is 0. The largest absolute Gasteiger partial charge is 0.351 e. The number of rotatable bonds is 9. The molecule has 0 bridgehead atoms. The Morgan fingerprint density at radius 3 is 2.41 bits per heavy atom. The van der Waals surface area contributed by atoms with Gasteiger partial charge in [-0.05, 0) is 30.9 Å². The van der Waals surface area contributed by atoms with E-state index < -0.39 is 0 Å². The van der Waals surface area contributed by atoms with E-state index in [0.29, 0.717) is 6.54 Å². The van der Waals surface area contributed by atoms with E-state index in [2.05, 4.69) is 30.7 Å². The maximum Gasteiger partial charge on any atom is 0.0222 e. The first-order valence-electron chi connectivity index (χ1n) is 7.19. The number of nitrogens with two attached hydrogens (primary N) is 1. The Morgan fingerprint density at radius 2 is 1.76 bits per heavy atom. The van der Waals surface area contributed by atoms with Crippen LogP contribution in [0.2, 0.25) is 0 Å². The fourth-order valence-corrected chi connectivity index (χ4v) is 2.24. The molecule has 0 aromatic carbocycles. The number of nitrogens with zero attached hydrogens (tertiary/aromatic N) is 1. The molecule has 0 aliphatic rings. The standard InChI is InChI=1S/C15H28N2/c1-3-5-7-9-15-11-14(12-16)13-17(15)10-8-6-4-2/h11,13H,3-10,12,16H2,1-2H3. The minimum absolute atomic E-state index is 0.668. The van der Waals surface area contributed by atoms with Crippen LogP contribution in [0.4, 0.5) is 0 Å². The molecular weight excluding hydrogens is 208 g/mol. The molecule has 0 spiro atoms. The maximum absolute atomic E-state index is 5.73. The molecule has 1 aromatic heterocycles. The van der Waals surface area contributed by atoms with Crippen LogP contribution < -0.4 is 5.73 Å². The van der Waals surface area contributed by atoms with Crippen LogP contribution in [0, 0.1) is 0 Å². The monoisotopic (exact) mass is 236 g/mol. The summed E-state index contributed by atoms with van der Waals surface area (Å²) in [6.07, 6.45) is 11.3. The second-order valence-corrected chi connectivity index (χ2v) is 4.90. The average molecular weight is 236 g/mol. The molecule has 0 fully saturated rings. The van der Waals surface area contributed by atoms with Crippen molar-refractivity contribution in [2.45, 2.75) is 71.9 Å². The minimum Gasteiger partial charge on any atom is -0.351 e. The molecule has 0 aliphatic carbocycles. The highest BCUT2D eigenvalue weighted by Gasteiger charge is 2.04. The van der Waals surface area contributed by atoms with Gasteiger partial charge in [-0.1, -0.05) is 39.5 Å². The zero-order valence-electron chi connectivity index (χ0n) is 11.5. The molecule has 2 heteroatoms. The van der Waals surface area contributed by atoms with Crippen molar-refractivity contribution in [1.29, 1.82) is 0 Å². The van der Waals surface area contributed by atoms with Gasteiger partial charge in [-0.3, -0.25) is 0 Å². The van der Waals surface area contributed by atoms with Crippen LogP contribution in [-0.4, -0.2) is 4.57 Å². The van der Waals surface area contributed by atoms with Gasteiger partial charge < -0.3 is 10.3 Å². The van der Waals surface area contributed by atoms with Crippen LogP contribution in [-0.2, 0) is 19.5 Å². The molecule has 0 aliphatic heterocycles. The van der Waals surface area contributed by atoms with Gasteiger partial charge >= 0.3 is 0 Å². The van der Waals surface area contributed by atoms with Crippen LogP contribution in [0.15, 0.2) is 12.3 Å². The van der Waals surface area contributed by atoms with Crippen molar-refractivity contribution < 1.29 is 0 Å². The molecule has 2 N–H and O–H groups in total. The summed E-state index contributed by atoms with van der Waals surface area (Å²) < 4.78 is 2.42. The van der Waals surface area contributed by atoms with Crippen molar-refractivity contribution in [3.05, 3.63) is 23.5 Å². The molecule has 0 amide bonds. The van der Waals surface area contributed by atoms with Crippen molar-refractivity contribution >= 4 is 0 Å². The van der Waals surface area contributed by atoms with Crippen LogP contribution in [0.3, 0.4) is 0 Å². The van der Waals surface area contributed by atoms with Crippen molar-refractivity contribution in [3.8, 4) is 0 Å². The van der Waals surface area contributed by atoms with E-state index in [1.807, 2.05) is 0 Å². The topological polar surface area (TPSA) is 30.9 Å². The van der Waals surface area contributed by atoms with Gasteiger partial charge in [0.05, 0.1) is 0 Å². The molecule has 0 saturated carbocycles. The van der Waals surface area contributed by atoms with Gasteiger partial charge in [-0.15, -0.1) is 0 Å². The van der Waals surface area contributed by atoms with Crippen LogP contribution >= 0.6 is 0 Å². The van der Waals surface area contributed by atoms with Gasteiger partial charge in [0.2, 0.25) is 0 Å². The van der Waals surface area contributed by atoms with E-state index in [1.165, 1.54) is 56.2 Å². The molecule has 17 heavy (non-hydrogen) atoms. The van der Waals surface area contributed by atoms with E-state index in [4.69, 9.17) is 5.73 Å². The second-order valence-electron chi connectivity index (χ2n) is 4.90. The molecule has 2 nitrogen and oxygen atoms in total. The highest BCUT2D eigenvalue weighted by atomic mass is 15.0.